The first-order valence-corrected chi connectivity index (χ1v) is 9.05. The Morgan fingerprint density at radius 3 is 2.69 bits per heavy atom. The third-order valence-corrected chi connectivity index (χ3v) is 5.68. The number of aliphatic hydroxyl groups is 1. The summed E-state index contributed by atoms with van der Waals surface area (Å²) in [7, 11) is 0.432. The van der Waals surface area contributed by atoms with E-state index in [0.717, 1.165) is 22.0 Å². The fourth-order valence-electron chi connectivity index (χ4n) is 3.25. The SMILES string of the molecule is CC(C)(O)C(C)(C)OBc1ccc2ccc3c(c2c1)OC1N=CC=CC31. The summed E-state index contributed by atoms with van der Waals surface area (Å²) in [6, 6.07) is 10.6. The number of hydrogen-bond acceptors (Lipinski definition) is 4. The van der Waals surface area contributed by atoms with Crippen molar-refractivity contribution in [2.75, 3.05) is 0 Å². The molecular weight excluding hydrogens is 325 g/mol. The van der Waals surface area contributed by atoms with Crippen LogP contribution in [0.1, 0.15) is 39.2 Å². The molecule has 2 unspecified atom stereocenters. The minimum Gasteiger partial charge on any atom is -0.467 e. The average Bonchev–Trinajstić information content (AvgIpc) is 2.98. The van der Waals surface area contributed by atoms with Gasteiger partial charge in [-0.25, -0.2) is 4.99 Å². The van der Waals surface area contributed by atoms with Gasteiger partial charge in [-0.15, -0.1) is 0 Å². The van der Waals surface area contributed by atoms with Crippen molar-refractivity contribution in [2.45, 2.75) is 51.0 Å². The first-order chi connectivity index (χ1) is 12.3. The van der Waals surface area contributed by atoms with E-state index in [2.05, 4.69) is 41.4 Å². The molecule has 2 aliphatic heterocycles. The number of rotatable bonds is 4. The van der Waals surface area contributed by atoms with Crippen LogP contribution in [0.3, 0.4) is 0 Å². The third-order valence-electron chi connectivity index (χ3n) is 5.68. The number of nitrogens with zero attached hydrogens (tertiary/aromatic N) is 1. The van der Waals surface area contributed by atoms with Gasteiger partial charge in [-0.05, 0) is 39.2 Å². The molecular formula is C21H24BNO3. The smallest absolute Gasteiger partial charge is 0.309 e. The number of benzene rings is 2. The lowest BCUT2D eigenvalue weighted by atomic mass is 9.81. The number of fused-ring (bicyclic) bond motifs is 5. The summed E-state index contributed by atoms with van der Waals surface area (Å²) in [5.41, 5.74) is 0.672. The number of aliphatic imine (C=N–C) groups is 1. The van der Waals surface area contributed by atoms with E-state index in [4.69, 9.17) is 9.39 Å². The van der Waals surface area contributed by atoms with Gasteiger partial charge in [0.1, 0.15) is 5.75 Å². The molecule has 2 aromatic rings. The van der Waals surface area contributed by atoms with Gasteiger partial charge in [0.15, 0.2) is 6.23 Å². The fourth-order valence-corrected chi connectivity index (χ4v) is 3.25. The molecule has 0 saturated heterocycles. The largest absolute Gasteiger partial charge is 0.467 e. The molecule has 4 rings (SSSR count). The van der Waals surface area contributed by atoms with Crippen LogP contribution in [0, 0.1) is 0 Å². The Hall–Kier alpha value is -2.11. The molecule has 0 bridgehead atoms. The quantitative estimate of drug-likeness (QED) is 0.864. The lowest BCUT2D eigenvalue weighted by Crippen LogP contribution is -2.49. The van der Waals surface area contributed by atoms with Crippen LogP contribution in [0.25, 0.3) is 10.8 Å². The van der Waals surface area contributed by atoms with E-state index in [-0.39, 0.29) is 12.1 Å². The minimum absolute atomic E-state index is 0.158. The first-order valence-electron chi connectivity index (χ1n) is 9.05. The second-order valence-corrected chi connectivity index (χ2v) is 8.11. The molecule has 0 spiro atoms. The lowest BCUT2D eigenvalue weighted by Gasteiger charge is -2.37. The Labute approximate surface area is 154 Å². The molecule has 4 nitrogen and oxygen atoms in total. The molecule has 2 heterocycles. The molecule has 0 amide bonds. The normalized spacial score (nSPS) is 21.4. The summed E-state index contributed by atoms with van der Waals surface area (Å²) in [5.74, 6) is 1.11. The van der Waals surface area contributed by atoms with Crippen molar-refractivity contribution in [3.05, 3.63) is 48.0 Å². The van der Waals surface area contributed by atoms with Gasteiger partial charge < -0.3 is 14.5 Å². The zero-order chi connectivity index (χ0) is 18.5. The summed E-state index contributed by atoms with van der Waals surface area (Å²) in [4.78, 5) is 4.44. The van der Waals surface area contributed by atoms with Crippen molar-refractivity contribution in [1.82, 2.24) is 0 Å². The fraction of sp³-hybridized carbons (Fsp3) is 0.381. The molecule has 0 aliphatic carbocycles. The van der Waals surface area contributed by atoms with E-state index in [1.54, 1.807) is 20.1 Å². The maximum atomic E-state index is 10.3. The molecule has 2 aromatic carbocycles. The Morgan fingerprint density at radius 1 is 1.15 bits per heavy atom. The van der Waals surface area contributed by atoms with Gasteiger partial charge in [-0.2, -0.15) is 0 Å². The Balaban J connectivity index is 1.66. The van der Waals surface area contributed by atoms with Gasteiger partial charge >= 0.3 is 7.48 Å². The number of hydrogen-bond donors (Lipinski definition) is 1. The lowest BCUT2D eigenvalue weighted by molar-refractivity contribution is -0.0893. The summed E-state index contributed by atoms with van der Waals surface area (Å²) >= 11 is 0. The van der Waals surface area contributed by atoms with Crippen LogP contribution >= 0.6 is 0 Å². The predicted octanol–water partition coefficient (Wildman–Crippen LogP) is 2.83. The number of ether oxygens (including phenoxy) is 1. The molecule has 26 heavy (non-hydrogen) atoms. The highest BCUT2D eigenvalue weighted by atomic mass is 16.5. The molecule has 0 fully saturated rings. The topological polar surface area (TPSA) is 51.0 Å². The highest BCUT2D eigenvalue weighted by molar-refractivity contribution is 6.47. The van der Waals surface area contributed by atoms with Gasteiger partial charge in [0.25, 0.3) is 0 Å². The van der Waals surface area contributed by atoms with Crippen LogP contribution in [0.2, 0.25) is 0 Å². The van der Waals surface area contributed by atoms with E-state index < -0.39 is 11.2 Å². The third kappa shape index (κ3) is 2.85. The number of allylic oxidation sites excluding steroid dienone is 1. The van der Waals surface area contributed by atoms with Gasteiger partial charge in [0, 0.05) is 17.2 Å². The van der Waals surface area contributed by atoms with Crippen molar-refractivity contribution in [3.8, 4) is 5.75 Å². The summed E-state index contributed by atoms with van der Waals surface area (Å²) in [6.07, 6.45) is 5.77. The van der Waals surface area contributed by atoms with Gasteiger partial charge in [0.05, 0.1) is 17.1 Å². The summed E-state index contributed by atoms with van der Waals surface area (Å²) in [5, 5.41) is 12.5. The van der Waals surface area contributed by atoms with E-state index in [0.29, 0.717) is 7.48 Å². The van der Waals surface area contributed by atoms with Crippen LogP contribution in [0.15, 0.2) is 47.5 Å². The molecule has 0 radical (unpaired) electrons. The number of dihydropyridines is 1. The Morgan fingerprint density at radius 2 is 1.92 bits per heavy atom. The molecule has 2 atom stereocenters. The van der Waals surface area contributed by atoms with Crippen LogP contribution in [0.4, 0.5) is 0 Å². The minimum atomic E-state index is -0.922. The van der Waals surface area contributed by atoms with Gasteiger partial charge in [0.2, 0.25) is 0 Å². The maximum absolute atomic E-state index is 10.3. The molecule has 5 heteroatoms. The van der Waals surface area contributed by atoms with E-state index in [1.165, 1.54) is 5.56 Å². The summed E-state index contributed by atoms with van der Waals surface area (Å²) in [6.45, 7) is 7.35. The van der Waals surface area contributed by atoms with Crippen molar-refractivity contribution in [1.29, 1.82) is 0 Å². The Bertz CT molecular complexity index is 911. The maximum Gasteiger partial charge on any atom is 0.309 e. The standard InChI is InChI=1S/C21H24BNO3/c1-20(2,24)21(3,4)26-22-14-9-7-13-8-10-15-16-6-5-11-23-19(16)25-18(15)17(13)12-14/h5-12,16,19,22,24H,1-4H3. The highest BCUT2D eigenvalue weighted by Crippen LogP contribution is 2.44. The van der Waals surface area contributed by atoms with E-state index >= 15 is 0 Å². The molecule has 0 saturated carbocycles. The van der Waals surface area contributed by atoms with Gasteiger partial charge in [-0.3, -0.25) is 0 Å². The second kappa shape index (κ2) is 5.97. The van der Waals surface area contributed by atoms with Crippen LogP contribution in [-0.2, 0) is 4.65 Å². The zero-order valence-corrected chi connectivity index (χ0v) is 15.7. The van der Waals surface area contributed by atoms with Crippen LogP contribution < -0.4 is 10.2 Å². The average molecular weight is 349 g/mol. The van der Waals surface area contributed by atoms with Gasteiger partial charge in [-0.1, -0.05) is 41.9 Å². The van der Waals surface area contributed by atoms with Crippen molar-refractivity contribution in [3.63, 3.8) is 0 Å². The first kappa shape index (κ1) is 17.3. The summed E-state index contributed by atoms with van der Waals surface area (Å²) < 4.78 is 12.2. The van der Waals surface area contributed by atoms with Crippen molar-refractivity contribution >= 4 is 29.9 Å². The highest BCUT2D eigenvalue weighted by Gasteiger charge is 2.36. The van der Waals surface area contributed by atoms with Crippen LogP contribution in [0.5, 0.6) is 5.75 Å². The predicted molar refractivity (Wildman–Crippen MR) is 107 cm³/mol. The van der Waals surface area contributed by atoms with Crippen LogP contribution in [-0.4, -0.2) is 36.2 Å². The Kier molecular flexibility index (Phi) is 3.97. The molecule has 1 N–H and O–H groups in total. The monoisotopic (exact) mass is 349 g/mol. The van der Waals surface area contributed by atoms with Crippen molar-refractivity contribution < 1.29 is 14.5 Å². The molecule has 0 aromatic heterocycles. The van der Waals surface area contributed by atoms with E-state index in [9.17, 15) is 5.11 Å². The zero-order valence-electron chi connectivity index (χ0n) is 15.7. The van der Waals surface area contributed by atoms with E-state index in [1.807, 2.05) is 19.9 Å². The second-order valence-electron chi connectivity index (χ2n) is 8.11. The molecule has 134 valence electrons. The molecule has 2 aliphatic rings. The van der Waals surface area contributed by atoms with Crippen molar-refractivity contribution in [2.24, 2.45) is 4.99 Å².